The van der Waals surface area contributed by atoms with Crippen molar-refractivity contribution in [2.75, 3.05) is 10.7 Å². The van der Waals surface area contributed by atoms with Gasteiger partial charge in [0, 0.05) is 5.69 Å². The van der Waals surface area contributed by atoms with E-state index in [0.717, 1.165) is 0 Å². The first-order chi connectivity index (χ1) is 10.1. The maximum atomic E-state index is 12.0. The molecule has 2 rings (SSSR count). The number of rotatable bonds is 5. The zero-order valence-corrected chi connectivity index (χ0v) is 10.6. The summed E-state index contributed by atoms with van der Waals surface area (Å²) in [5.41, 5.74) is 2.78. The molecule has 0 atom stereocenters. The molecule has 0 aliphatic carbocycles. The highest BCUT2D eigenvalue weighted by Crippen LogP contribution is 2.18. The Morgan fingerprint density at radius 3 is 2.38 bits per heavy atom. The summed E-state index contributed by atoms with van der Waals surface area (Å²) in [6.45, 7) is -2.89. The summed E-state index contributed by atoms with van der Waals surface area (Å²) in [6.07, 6.45) is 0. The molecule has 21 heavy (non-hydrogen) atoms. The highest BCUT2D eigenvalue weighted by atomic mass is 19.3. The van der Waals surface area contributed by atoms with Crippen molar-refractivity contribution in [3.8, 4) is 5.75 Å². The Hall–Kier alpha value is -2.81. The largest absolute Gasteiger partial charge is 0.435 e. The van der Waals surface area contributed by atoms with Crippen LogP contribution in [0.15, 0.2) is 36.4 Å². The van der Waals surface area contributed by atoms with E-state index in [9.17, 15) is 13.6 Å². The zero-order chi connectivity index (χ0) is 15.2. The van der Waals surface area contributed by atoms with Crippen LogP contribution in [0, 0.1) is 0 Å². The number of nitrogen functional groups attached to an aromatic ring is 1. The standard InChI is InChI=1S/C12H11F2N5O2/c13-12(14)21-8-3-1-7(2-4-8)16-11(20)9-5-6-10(17-15)19-18-9/h1-6,12H,15H2,(H,16,20)(H,17,19). The summed E-state index contributed by atoms with van der Waals surface area (Å²) in [5, 5.41) is 9.87. The number of hydrogen-bond acceptors (Lipinski definition) is 6. The van der Waals surface area contributed by atoms with E-state index in [1.807, 2.05) is 0 Å². The average Bonchev–Trinajstić information content (AvgIpc) is 2.49. The maximum absolute atomic E-state index is 12.0. The van der Waals surface area contributed by atoms with Crippen molar-refractivity contribution in [2.45, 2.75) is 6.61 Å². The number of carbonyl (C=O) groups excluding carboxylic acids is 1. The summed E-state index contributed by atoms with van der Waals surface area (Å²) >= 11 is 0. The average molecular weight is 295 g/mol. The lowest BCUT2D eigenvalue weighted by Gasteiger charge is -2.07. The normalized spacial score (nSPS) is 10.3. The number of nitrogens with one attached hydrogen (secondary N) is 2. The highest BCUT2D eigenvalue weighted by molar-refractivity contribution is 6.02. The Bertz CT molecular complexity index is 604. The van der Waals surface area contributed by atoms with Crippen molar-refractivity contribution < 1.29 is 18.3 Å². The predicted molar refractivity (Wildman–Crippen MR) is 70.9 cm³/mol. The quantitative estimate of drug-likeness (QED) is 0.572. The molecule has 1 aromatic carbocycles. The summed E-state index contributed by atoms with van der Waals surface area (Å²) < 4.78 is 28.2. The minimum Gasteiger partial charge on any atom is -0.435 e. The third-order valence-corrected chi connectivity index (χ3v) is 2.38. The number of aromatic nitrogens is 2. The molecule has 7 nitrogen and oxygen atoms in total. The molecule has 0 unspecified atom stereocenters. The van der Waals surface area contributed by atoms with Gasteiger partial charge in [0.15, 0.2) is 11.5 Å². The number of ether oxygens (including phenoxy) is 1. The van der Waals surface area contributed by atoms with E-state index >= 15 is 0 Å². The lowest BCUT2D eigenvalue weighted by molar-refractivity contribution is -0.0498. The van der Waals surface area contributed by atoms with Gasteiger partial charge in [-0.05, 0) is 36.4 Å². The van der Waals surface area contributed by atoms with Crippen LogP contribution in [-0.2, 0) is 0 Å². The second-order valence-corrected chi connectivity index (χ2v) is 3.81. The lowest BCUT2D eigenvalue weighted by Crippen LogP contribution is -2.16. The summed E-state index contributed by atoms with van der Waals surface area (Å²) in [4.78, 5) is 11.9. The third kappa shape index (κ3) is 4.08. The molecular formula is C12H11F2N5O2. The van der Waals surface area contributed by atoms with Crippen LogP contribution in [0.25, 0.3) is 0 Å². The second-order valence-electron chi connectivity index (χ2n) is 3.81. The van der Waals surface area contributed by atoms with Crippen LogP contribution in [0.2, 0.25) is 0 Å². The topological polar surface area (TPSA) is 102 Å². The fourth-order valence-electron chi connectivity index (χ4n) is 1.45. The number of carbonyl (C=O) groups is 1. The van der Waals surface area contributed by atoms with Gasteiger partial charge in [-0.15, -0.1) is 10.2 Å². The SMILES string of the molecule is NNc1ccc(C(=O)Nc2ccc(OC(F)F)cc2)nn1. The molecule has 0 radical (unpaired) electrons. The monoisotopic (exact) mass is 295 g/mol. The number of nitrogens with two attached hydrogens (primary N) is 1. The molecule has 2 aromatic rings. The molecule has 1 amide bonds. The molecule has 110 valence electrons. The molecule has 0 spiro atoms. The first kappa shape index (κ1) is 14.6. The van der Waals surface area contributed by atoms with Crippen LogP contribution in [0.5, 0.6) is 5.75 Å². The van der Waals surface area contributed by atoms with Gasteiger partial charge in [-0.25, -0.2) is 5.84 Å². The molecule has 0 bridgehead atoms. The molecule has 9 heteroatoms. The first-order valence-electron chi connectivity index (χ1n) is 5.75. The van der Waals surface area contributed by atoms with E-state index in [0.29, 0.717) is 11.5 Å². The number of halogens is 2. The van der Waals surface area contributed by atoms with Gasteiger partial charge in [0.25, 0.3) is 5.91 Å². The van der Waals surface area contributed by atoms with Gasteiger partial charge in [0.05, 0.1) is 0 Å². The summed E-state index contributed by atoms with van der Waals surface area (Å²) in [6, 6.07) is 8.41. The van der Waals surface area contributed by atoms with Crippen LogP contribution in [0.3, 0.4) is 0 Å². The number of hydrazine groups is 1. The minimum absolute atomic E-state index is 0.00108. The Morgan fingerprint density at radius 1 is 1.14 bits per heavy atom. The van der Waals surface area contributed by atoms with Gasteiger partial charge >= 0.3 is 6.61 Å². The fourth-order valence-corrected chi connectivity index (χ4v) is 1.45. The number of amides is 1. The van der Waals surface area contributed by atoms with Crippen molar-refractivity contribution in [1.29, 1.82) is 0 Å². The second kappa shape index (κ2) is 6.57. The van der Waals surface area contributed by atoms with Gasteiger partial charge < -0.3 is 15.5 Å². The lowest BCUT2D eigenvalue weighted by atomic mass is 10.3. The maximum Gasteiger partial charge on any atom is 0.387 e. The van der Waals surface area contributed by atoms with Crippen LogP contribution >= 0.6 is 0 Å². The first-order valence-corrected chi connectivity index (χ1v) is 5.75. The van der Waals surface area contributed by atoms with E-state index in [1.165, 1.54) is 36.4 Å². The summed E-state index contributed by atoms with van der Waals surface area (Å²) in [5.74, 6) is 4.96. The van der Waals surface area contributed by atoms with Crippen molar-refractivity contribution in [2.24, 2.45) is 5.84 Å². The van der Waals surface area contributed by atoms with Crippen LogP contribution in [-0.4, -0.2) is 22.7 Å². The van der Waals surface area contributed by atoms with Crippen LogP contribution in [0.1, 0.15) is 10.5 Å². The molecule has 4 N–H and O–H groups in total. The fraction of sp³-hybridized carbons (Fsp3) is 0.0833. The highest BCUT2D eigenvalue weighted by Gasteiger charge is 2.09. The molecule has 0 saturated heterocycles. The van der Waals surface area contributed by atoms with Gasteiger partial charge in [-0.3, -0.25) is 4.79 Å². The molecule has 1 heterocycles. The van der Waals surface area contributed by atoms with Gasteiger partial charge in [0.1, 0.15) is 5.75 Å². The summed E-state index contributed by atoms with van der Waals surface area (Å²) in [7, 11) is 0. The van der Waals surface area contributed by atoms with Gasteiger partial charge in [0.2, 0.25) is 0 Å². The molecule has 0 fully saturated rings. The molecule has 0 saturated carbocycles. The number of alkyl halides is 2. The van der Waals surface area contributed by atoms with E-state index in [-0.39, 0.29) is 11.4 Å². The van der Waals surface area contributed by atoms with Crippen molar-refractivity contribution in [3.63, 3.8) is 0 Å². The molecular weight excluding hydrogens is 284 g/mol. The number of anilines is 2. The van der Waals surface area contributed by atoms with Crippen molar-refractivity contribution in [3.05, 3.63) is 42.1 Å². The molecule has 0 aliphatic heterocycles. The minimum atomic E-state index is -2.89. The van der Waals surface area contributed by atoms with Crippen molar-refractivity contribution in [1.82, 2.24) is 10.2 Å². The number of hydrogen-bond donors (Lipinski definition) is 3. The Morgan fingerprint density at radius 2 is 1.86 bits per heavy atom. The predicted octanol–water partition coefficient (Wildman–Crippen LogP) is 1.62. The smallest absolute Gasteiger partial charge is 0.387 e. The van der Waals surface area contributed by atoms with Crippen molar-refractivity contribution >= 4 is 17.4 Å². The van der Waals surface area contributed by atoms with E-state index in [1.54, 1.807) is 0 Å². The van der Waals surface area contributed by atoms with Gasteiger partial charge in [-0.1, -0.05) is 0 Å². The van der Waals surface area contributed by atoms with E-state index < -0.39 is 12.5 Å². The number of benzene rings is 1. The Labute approximate surface area is 118 Å². The third-order valence-electron chi connectivity index (χ3n) is 2.38. The zero-order valence-electron chi connectivity index (χ0n) is 10.6. The Kier molecular flexibility index (Phi) is 4.57. The molecule has 1 aromatic heterocycles. The van der Waals surface area contributed by atoms with Crippen LogP contribution in [0.4, 0.5) is 20.3 Å². The van der Waals surface area contributed by atoms with Gasteiger partial charge in [-0.2, -0.15) is 8.78 Å². The van der Waals surface area contributed by atoms with E-state index in [2.05, 4.69) is 25.7 Å². The molecule has 0 aliphatic rings. The number of nitrogens with zero attached hydrogens (tertiary/aromatic N) is 2. The van der Waals surface area contributed by atoms with E-state index in [4.69, 9.17) is 5.84 Å². The van der Waals surface area contributed by atoms with Crippen LogP contribution < -0.4 is 21.3 Å². The Balaban J connectivity index is 2.01.